The van der Waals surface area contributed by atoms with Gasteiger partial charge in [-0.05, 0) is 60.7 Å². The topological polar surface area (TPSA) is 155 Å². The van der Waals surface area contributed by atoms with Crippen molar-refractivity contribution in [3.8, 4) is 35.0 Å². The Morgan fingerprint density at radius 2 is 1.20 bits per heavy atom. The maximum absolute atomic E-state index is 13.7. The molecule has 0 amide bonds. The zero-order valence-corrected chi connectivity index (χ0v) is 22.9. The van der Waals surface area contributed by atoms with Crippen molar-refractivity contribution in [1.29, 1.82) is 0 Å². The fraction of sp³-hybridized carbons (Fsp3) is 0.0357. The van der Waals surface area contributed by atoms with Crippen LogP contribution in [0.25, 0.3) is 0 Å². The molecule has 0 unspecified atom stereocenters. The molecule has 0 aliphatic rings. The van der Waals surface area contributed by atoms with Gasteiger partial charge in [0.2, 0.25) is 19.7 Å². The zero-order chi connectivity index (χ0) is 29.0. The number of aromatic nitrogens is 3. The normalized spacial score (nSPS) is 11.5. The Labute approximate surface area is 235 Å². The van der Waals surface area contributed by atoms with E-state index in [1.807, 2.05) is 0 Å². The first-order valence-corrected chi connectivity index (χ1v) is 14.8. The predicted octanol–water partition coefficient (Wildman–Crippen LogP) is 4.84. The number of phenolic OH excluding ortho intramolecular Hbond substituents is 1. The lowest BCUT2D eigenvalue weighted by molar-refractivity contribution is 0.348. The number of phenols is 1. The van der Waals surface area contributed by atoms with Crippen LogP contribution in [0.2, 0.25) is 0 Å². The summed E-state index contributed by atoms with van der Waals surface area (Å²) in [6, 6.07) is 22.4. The molecule has 1 aromatic heterocycles. The maximum Gasteiger partial charge on any atom is 0.328 e. The highest BCUT2D eigenvalue weighted by Crippen LogP contribution is 2.43. The van der Waals surface area contributed by atoms with Gasteiger partial charge in [0.05, 0.1) is 16.9 Å². The molecular formula is C28H21N3O8S2. The average molecular weight is 592 g/mol. The van der Waals surface area contributed by atoms with Crippen LogP contribution in [0.4, 0.5) is 0 Å². The van der Waals surface area contributed by atoms with E-state index in [4.69, 9.17) is 14.2 Å². The Kier molecular flexibility index (Phi) is 7.55. The number of nitrogens with zero attached hydrogens (tertiary/aromatic N) is 3. The highest BCUT2D eigenvalue weighted by atomic mass is 32.2. The third kappa shape index (κ3) is 5.66. The predicted molar refractivity (Wildman–Crippen MR) is 145 cm³/mol. The molecule has 208 valence electrons. The van der Waals surface area contributed by atoms with E-state index in [-0.39, 0.29) is 54.6 Å². The van der Waals surface area contributed by atoms with E-state index in [2.05, 4.69) is 15.0 Å². The van der Waals surface area contributed by atoms with Crippen molar-refractivity contribution in [3.63, 3.8) is 0 Å². The lowest BCUT2D eigenvalue weighted by Crippen LogP contribution is -2.07. The molecule has 0 aliphatic carbocycles. The molecule has 13 heteroatoms. The largest absolute Gasteiger partial charge is 0.508 e. The van der Waals surface area contributed by atoms with Crippen LogP contribution in [-0.2, 0) is 19.7 Å². The van der Waals surface area contributed by atoms with Crippen molar-refractivity contribution in [2.45, 2.75) is 19.6 Å². The molecule has 0 atom stereocenters. The molecule has 0 spiro atoms. The summed E-state index contributed by atoms with van der Waals surface area (Å²) in [5, 5.41) is 9.60. The molecule has 4 aromatic carbocycles. The number of aromatic hydroxyl groups is 1. The van der Waals surface area contributed by atoms with Crippen LogP contribution in [0.1, 0.15) is 0 Å². The summed E-state index contributed by atoms with van der Waals surface area (Å²) in [5.74, 6) is -0.620. The van der Waals surface area contributed by atoms with Crippen LogP contribution in [-0.4, -0.2) is 44.0 Å². The fourth-order valence-corrected chi connectivity index (χ4v) is 6.54. The fourth-order valence-electron chi connectivity index (χ4n) is 3.75. The number of hydrogen-bond donors (Lipinski definition) is 1. The first kappa shape index (κ1) is 27.6. The highest BCUT2D eigenvalue weighted by molar-refractivity contribution is 7.92. The van der Waals surface area contributed by atoms with Gasteiger partial charge in [-0.15, -0.1) is 4.98 Å². The molecule has 1 N–H and O–H groups in total. The van der Waals surface area contributed by atoms with Crippen molar-refractivity contribution < 1.29 is 36.2 Å². The molecule has 0 saturated carbocycles. The summed E-state index contributed by atoms with van der Waals surface area (Å²) in [4.78, 5) is 11.2. The van der Waals surface area contributed by atoms with Crippen LogP contribution in [0.15, 0.2) is 123 Å². The van der Waals surface area contributed by atoms with Crippen molar-refractivity contribution in [1.82, 2.24) is 15.0 Å². The van der Waals surface area contributed by atoms with Crippen LogP contribution in [0, 0.1) is 0 Å². The highest BCUT2D eigenvalue weighted by Gasteiger charge is 2.28. The standard InChI is InChI=1S/C28H21N3O8S2/c1-37-27-29-18-30-28(31-27)39-26-23(11-7-13-25(26)41(35,36)20-8-3-2-4-9-20)38-22-10-5-6-12-24(22)40(33,34)21-16-14-19(32)15-17-21/h2-18,32H,1H3. The van der Waals surface area contributed by atoms with E-state index in [1.54, 1.807) is 24.3 Å². The van der Waals surface area contributed by atoms with E-state index in [0.717, 1.165) is 6.33 Å². The molecule has 11 nitrogen and oxygen atoms in total. The molecule has 1 heterocycles. The quantitative estimate of drug-likeness (QED) is 0.250. The second kappa shape index (κ2) is 11.2. The minimum Gasteiger partial charge on any atom is -0.508 e. The first-order valence-electron chi connectivity index (χ1n) is 11.8. The van der Waals surface area contributed by atoms with Crippen LogP contribution >= 0.6 is 0 Å². The number of hydrogen-bond acceptors (Lipinski definition) is 11. The molecule has 0 aliphatic heterocycles. The van der Waals surface area contributed by atoms with Gasteiger partial charge >= 0.3 is 12.0 Å². The molecule has 5 aromatic rings. The van der Waals surface area contributed by atoms with E-state index in [9.17, 15) is 21.9 Å². The number of benzene rings is 4. The third-order valence-corrected chi connectivity index (χ3v) is 9.30. The van der Waals surface area contributed by atoms with E-state index in [0.29, 0.717) is 0 Å². The van der Waals surface area contributed by atoms with E-state index >= 15 is 0 Å². The van der Waals surface area contributed by atoms with Gasteiger partial charge in [0.25, 0.3) is 0 Å². The number of para-hydroxylation sites is 2. The smallest absolute Gasteiger partial charge is 0.328 e. The minimum atomic E-state index is -4.16. The molecule has 0 bridgehead atoms. The van der Waals surface area contributed by atoms with Gasteiger partial charge in [0.1, 0.15) is 27.6 Å². The Hall–Kier alpha value is -5.01. The summed E-state index contributed by atoms with van der Waals surface area (Å²) in [5.41, 5.74) is 0. The van der Waals surface area contributed by atoms with E-state index < -0.39 is 19.7 Å². The molecule has 41 heavy (non-hydrogen) atoms. The van der Waals surface area contributed by atoms with Crippen LogP contribution in [0.3, 0.4) is 0 Å². The van der Waals surface area contributed by atoms with Crippen molar-refractivity contribution in [3.05, 3.63) is 103 Å². The summed E-state index contributed by atoms with van der Waals surface area (Å²) < 4.78 is 71.3. The van der Waals surface area contributed by atoms with Gasteiger partial charge in [0.15, 0.2) is 11.5 Å². The Balaban J connectivity index is 1.65. The van der Waals surface area contributed by atoms with E-state index in [1.165, 1.54) is 79.9 Å². The Morgan fingerprint density at radius 1 is 0.610 bits per heavy atom. The van der Waals surface area contributed by atoms with Gasteiger partial charge in [-0.3, -0.25) is 0 Å². The molecule has 0 fully saturated rings. The summed E-state index contributed by atoms with van der Waals surface area (Å²) in [6.45, 7) is 0. The second-order valence-electron chi connectivity index (χ2n) is 8.30. The van der Waals surface area contributed by atoms with Crippen molar-refractivity contribution >= 4 is 19.7 Å². The number of rotatable bonds is 9. The Morgan fingerprint density at radius 3 is 1.93 bits per heavy atom. The number of methoxy groups -OCH3 is 1. The monoisotopic (exact) mass is 591 g/mol. The summed E-state index contributed by atoms with van der Waals surface area (Å²) >= 11 is 0. The van der Waals surface area contributed by atoms with Gasteiger partial charge < -0.3 is 19.3 Å². The maximum atomic E-state index is 13.7. The summed E-state index contributed by atoms with van der Waals surface area (Å²) in [7, 11) is -6.93. The van der Waals surface area contributed by atoms with Crippen molar-refractivity contribution in [2.24, 2.45) is 0 Å². The van der Waals surface area contributed by atoms with Crippen LogP contribution < -0.4 is 14.2 Å². The molecule has 0 radical (unpaired) electrons. The minimum absolute atomic E-state index is 0.00876. The lowest BCUT2D eigenvalue weighted by atomic mass is 10.3. The summed E-state index contributed by atoms with van der Waals surface area (Å²) in [6.07, 6.45) is 1.12. The van der Waals surface area contributed by atoms with Crippen LogP contribution in [0.5, 0.6) is 35.0 Å². The number of ether oxygens (including phenoxy) is 3. The lowest BCUT2D eigenvalue weighted by Gasteiger charge is -2.17. The van der Waals surface area contributed by atoms with Gasteiger partial charge in [-0.25, -0.2) is 16.8 Å². The SMILES string of the molecule is COc1ncnc(Oc2c(Oc3ccccc3S(=O)(=O)c3ccc(O)cc3)cccc2S(=O)(=O)c2ccccc2)n1. The Bertz CT molecular complexity index is 1920. The third-order valence-electron chi connectivity index (χ3n) is 5.69. The first-order chi connectivity index (χ1) is 19.7. The molecule has 0 saturated heterocycles. The molecule has 5 rings (SSSR count). The van der Waals surface area contributed by atoms with Gasteiger partial charge in [0, 0.05) is 0 Å². The second-order valence-corrected chi connectivity index (χ2v) is 12.1. The molecular weight excluding hydrogens is 570 g/mol. The number of sulfone groups is 2. The zero-order valence-electron chi connectivity index (χ0n) is 21.3. The van der Waals surface area contributed by atoms with Crippen molar-refractivity contribution in [2.75, 3.05) is 7.11 Å². The van der Waals surface area contributed by atoms with Gasteiger partial charge in [-0.1, -0.05) is 36.4 Å². The van der Waals surface area contributed by atoms with Gasteiger partial charge in [-0.2, -0.15) is 9.97 Å². The average Bonchev–Trinajstić information content (AvgIpc) is 2.99.